The summed E-state index contributed by atoms with van der Waals surface area (Å²) in [7, 11) is -3.73. The average Bonchev–Trinajstić information content (AvgIpc) is 2.49. The number of carbonyl (C=O) groups excluding carboxylic acids is 1. The Labute approximate surface area is 140 Å². The standard InChI is InChI=1S/C16H16ClNO4S/c1-2-22-15-6-4-3-5-14(15)18-16(19)11-23(20,21)13-9-7-12(17)8-10-13/h3-10H,2,11H2,1H3,(H,18,19). The van der Waals surface area contributed by atoms with Crippen LogP contribution in [0.15, 0.2) is 53.4 Å². The van der Waals surface area contributed by atoms with E-state index in [1.807, 2.05) is 6.92 Å². The van der Waals surface area contributed by atoms with Crippen LogP contribution >= 0.6 is 11.6 Å². The minimum Gasteiger partial charge on any atom is -0.492 e. The molecule has 7 heteroatoms. The average molecular weight is 354 g/mol. The van der Waals surface area contributed by atoms with Gasteiger partial charge in [-0.3, -0.25) is 4.79 Å². The zero-order valence-corrected chi connectivity index (χ0v) is 14.0. The molecule has 122 valence electrons. The van der Waals surface area contributed by atoms with Gasteiger partial charge in [-0.25, -0.2) is 8.42 Å². The predicted molar refractivity (Wildman–Crippen MR) is 89.7 cm³/mol. The lowest BCUT2D eigenvalue weighted by Gasteiger charge is -2.11. The molecular weight excluding hydrogens is 338 g/mol. The quantitative estimate of drug-likeness (QED) is 0.865. The van der Waals surface area contributed by atoms with Crippen molar-refractivity contribution in [1.82, 2.24) is 0 Å². The third-order valence-corrected chi connectivity index (χ3v) is 4.84. The summed E-state index contributed by atoms with van der Waals surface area (Å²) < 4.78 is 29.8. The molecule has 0 aliphatic rings. The molecule has 0 aliphatic heterocycles. The number of amides is 1. The molecule has 1 amide bonds. The van der Waals surface area contributed by atoms with Crippen LogP contribution in [0, 0.1) is 0 Å². The van der Waals surface area contributed by atoms with Gasteiger partial charge >= 0.3 is 0 Å². The molecule has 0 atom stereocenters. The molecular formula is C16H16ClNO4S. The summed E-state index contributed by atoms with van der Waals surface area (Å²) in [5.74, 6) is -0.797. The topological polar surface area (TPSA) is 72.5 Å². The Morgan fingerprint density at radius 2 is 1.78 bits per heavy atom. The van der Waals surface area contributed by atoms with Crippen LogP contribution in [0.5, 0.6) is 5.75 Å². The summed E-state index contributed by atoms with van der Waals surface area (Å²) in [6.07, 6.45) is 0. The number of nitrogens with one attached hydrogen (secondary N) is 1. The van der Waals surface area contributed by atoms with Crippen molar-refractivity contribution in [2.45, 2.75) is 11.8 Å². The van der Waals surface area contributed by atoms with Gasteiger partial charge in [0.2, 0.25) is 5.91 Å². The maximum absolute atomic E-state index is 12.2. The highest BCUT2D eigenvalue weighted by Crippen LogP contribution is 2.24. The van der Waals surface area contributed by atoms with Gasteiger partial charge in [0.15, 0.2) is 9.84 Å². The molecule has 0 unspecified atom stereocenters. The van der Waals surface area contributed by atoms with E-state index in [1.54, 1.807) is 24.3 Å². The number of sulfone groups is 1. The number of rotatable bonds is 6. The van der Waals surface area contributed by atoms with Gasteiger partial charge in [-0.1, -0.05) is 23.7 Å². The van der Waals surface area contributed by atoms with Crippen molar-refractivity contribution in [3.63, 3.8) is 0 Å². The van der Waals surface area contributed by atoms with E-state index in [0.29, 0.717) is 23.1 Å². The van der Waals surface area contributed by atoms with Gasteiger partial charge < -0.3 is 10.1 Å². The van der Waals surface area contributed by atoms with Crippen molar-refractivity contribution in [2.75, 3.05) is 17.7 Å². The second-order valence-electron chi connectivity index (χ2n) is 4.69. The van der Waals surface area contributed by atoms with Gasteiger partial charge in [-0.2, -0.15) is 0 Å². The number of hydrogen-bond donors (Lipinski definition) is 1. The number of para-hydroxylation sites is 2. The van der Waals surface area contributed by atoms with Crippen LogP contribution in [-0.4, -0.2) is 26.7 Å². The Bertz CT molecular complexity index is 788. The first-order chi connectivity index (χ1) is 10.9. The van der Waals surface area contributed by atoms with Crippen molar-refractivity contribution in [2.24, 2.45) is 0 Å². The molecule has 2 aromatic rings. The van der Waals surface area contributed by atoms with Crippen molar-refractivity contribution in [3.8, 4) is 5.75 Å². The molecule has 0 aromatic heterocycles. The second kappa shape index (κ2) is 7.48. The number of benzene rings is 2. The predicted octanol–water partition coefficient (Wildman–Crippen LogP) is 3.15. The lowest BCUT2D eigenvalue weighted by molar-refractivity contribution is -0.113. The summed E-state index contributed by atoms with van der Waals surface area (Å²) in [4.78, 5) is 12.1. The van der Waals surface area contributed by atoms with E-state index in [9.17, 15) is 13.2 Å². The molecule has 2 aromatic carbocycles. The van der Waals surface area contributed by atoms with E-state index < -0.39 is 21.5 Å². The van der Waals surface area contributed by atoms with Gasteiger partial charge in [-0.15, -0.1) is 0 Å². The fourth-order valence-electron chi connectivity index (χ4n) is 1.94. The fourth-order valence-corrected chi connectivity index (χ4v) is 3.20. The minimum atomic E-state index is -3.73. The van der Waals surface area contributed by atoms with Crippen molar-refractivity contribution in [1.29, 1.82) is 0 Å². The highest BCUT2D eigenvalue weighted by Gasteiger charge is 2.20. The van der Waals surface area contributed by atoms with E-state index in [0.717, 1.165) is 0 Å². The van der Waals surface area contributed by atoms with E-state index in [4.69, 9.17) is 16.3 Å². The Kier molecular flexibility index (Phi) is 5.63. The lowest BCUT2D eigenvalue weighted by Crippen LogP contribution is -2.23. The largest absolute Gasteiger partial charge is 0.492 e. The van der Waals surface area contributed by atoms with Crippen molar-refractivity contribution in [3.05, 3.63) is 53.6 Å². The van der Waals surface area contributed by atoms with Gasteiger partial charge in [-0.05, 0) is 43.3 Å². The van der Waals surface area contributed by atoms with E-state index >= 15 is 0 Å². The van der Waals surface area contributed by atoms with Crippen LogP contribution in [0.4, 0.5) is 5.69 Å². The minimum absolute atomic E-state index is 0.0511. The first-order valence-electron chi connectivity index (χ1n) is 6.92. The van der Waals surface area contributed by atoms with Crippen LogP contribution in [0.25, 0.3) is 0 Å². The zero-order chi connectivity index (χ0) is 16.9. The first-order valence-corrected chi connectivity index (χ1v) is 8.95. The monoisotopic (exact) mass is 353 g/mol. The number of ether oxygens (including phenoxy) is 1. The number of hydrogen-bond acceptors (Lipinski definition) is 4. The van der Waals surface area contributed by atoms with Gasteiger partial charge in [0.25, 0.3) is 0 Å². The van der Waals surface area contributed by atoms with Crippen LogP contribution in [0.3, 0.4) is 0 Å². The van der Waals surface area contributed by atoms with Crippen LogP contribution in [0.1, 0.15) is 6.92 Å². The highest BCUT2D eigenvalue weighted by molar-refractivity contribution is 7.92. The Hall–Kier alpha value is -2.05. The van der Waals surface area contributed by atoms with Crippen molar-refractivity contribution >= 4 is 33.0 Å². The molecule has 0 saturated carbocycles. The molecule has 0 bridgehead atoms. The van der Waals surface area contributed by atoms with Gasteiger partial charge in [0, 0.05) is 5.02 Å². The maximum atomic E-state index is 12.2. The molecule has 0 spiro atoms. The fraction of sp³-hybridized carbons (Fsp3) is 0.188. The molecule has 0 saturated heterocycles. The number of halogens is 1. The summed E-state index contributed by atoms with van der Waals surface area (Å²) in [6, 6.07) is 12.5. The third-order valence-electron chi connectivity index (χ3n) is 2.95. The Morgan fingerprint density at radius 3 is 2.43 bits per heavy atom. The molecule has 0 radical (unpaired) electrons. The van der Waals surface area contributed by atoms with Crippen LogP contribution in [-0.2, 0) is 14.6 Å². The smallest absolute Gasteiger partial charge is 0.240 e. The van der Waals surface area contributed by atoms with Gasteiger partial charge in [0.05, 0.1) is 17.2 Å². The van der Waals surface area contributed by atoms with Crippen LogP contribution in [0.2, 0.25) is 5.02 Å². The highest BCUT2D eigenvalue weighted by atomic mass is 35.5. The molecule has 0 aliphatic carbocycles. The molecule has 0 heterocycles. The normalized spacial score (nSPS) is 11.0. The second-order valence-corrected chi connectivity index (χ2v) is 7.12. The molecule has 23 heavy (non-hydrogen) atoms. The summed E-state index contributed by atoms with van der Waals surface area (Å²) in [5.41, 5.74) is 0.436. The lowest BCUT2D eigenvalue weighted by atomic mass is 10.3. The molecule has 0 fully saturated rings. The first kappa shape index (κ1) is 17.3. The molecule has 5 nitrogen and oxygen atoms in total. The maximum Gasteiger partial charge on any atom is 0.240 e. The molecule has 2 rings (SSSR count). The van der Waals surface area contributed by atoms with E-state index in [-0.39, 0.29) is 4.90 Å². The number of anilines is 1. The molecule has 1 N–H and O–H groups in total. The third kappa shape index (κ3) is 4.71. The Morgan fingerprint density at radius 1 is 1.13 bits per heavy atom. The van der Waals surface area contributed by atoms with E-state index in [2.05, 4.69) is 5.32 Å². The summed E-state index contributed by atoms with van der Waals surface area (Å²) in [6.45, 7) is 2.26. The van der Waals surface area contributed by atoms with Gasteiger partial charge in [0.1, 0.15) is 11.5 Å². The van der Waals surface area contributed by atoms with Crippen LogP contribution < -0.4 is 10.1 Å². The van der Waals surface area contributed by atoms with Crippen molar-refractivity contribution < 1.29 is 17.9 Å². The van der Waals surface area contributed by atoms with E-state index in [1.165, 1.54) is 24.3 Å². The number of carbonyl (C=O) groups is 1. The SMILES string of the molecule is CCOc1ccccc1NC(=O)CS(=O)(=O)c1ccc(Cl)cc1. The summed E-state index contributed by atoms with van der Waals surface area (Å²) >= 11 is 5.73. The summed E-state index contributed by atoms with van der Waals surface area (Å²) in [5, 5.41) is 2.99. The Balaban J connectivity index is 2.11. The zero-order valence-electron chi connectivity index (χ0n) is 12.5.